The van der Waals surface area contributed by atoms with Crippen LogP contribution in [0.25, 0.3) is 11.1 Å². The van der Waals surface area contributed by atoms with Gasteiger partial charge in [-0.25, -0.2) is 4.98 Å². The van der Waals surface area contributed by atoms with E-state index in [1.807, 2.05) is 0 Å². The Kier molecular flexibility index (Phi) is 5.85. The number of halogens is 1. The zero-order chi connectivity index (χ0) is 15.4. The number of pyridine rings is 1. The fourth-order valence-corrected chi connectivity index (χ4v) is 1.88. The normalized spacial score (nSPS) is 9.68. The second-order valence-corrected chi connectivity index (χ2v) is 4.61. The molecule has 0 saturated carbocycles. The van der Waals surface area contributed by atoms with Gasteiger partial charge in [0.05, 0.1) is 0 Å². The van der Waals surface area contributed by atoms with Crippen LogP contribution in [-0.4, -0.2) is 39.1 Å². The van der Waals surface area contributed by atoms with Gasteiger partial charge in [-0.3, -0.25) is 9.59 Å². The van der Waals surface area contributed by atoms with Crippen molar-refractivity contribution in [2.45, 2.75) is 0 Å². The lowest BCUT2D eigenvalue weighted by molar-refractivity contribution is -0.135. The van der Waals surface area contributed by atoms with Crippen LogP contribution in [0.3, 0.4) is 0 Å². The molecule has 0 atom stereocenters. The summed E-state index contributed by atoms with van der Waals surface area (Å²) >= 11 is 5.88. The quantitative estimate of drug-likeness (QED) is 0.774. The first kappa shape index (κ1) is 17.4. The highest BCUT2D eigenvalue weighted by Gasteiger charge is 2.14. The number of hydrogen-bond donors (Lipinski definition) is 3. The highest BCUT2D eigenvalue weighted by atomic mass is 35.5. The molecule has 0 bridgehead atoms. The maximum absolute atomic E-state index is 11.7. The standard InChI is InChI=1S/C14H11ClN2O4.H2O/c15-10-3-1-2-8(4-10)9-5-11(18)13(16-6-9)14(21)17-7-12(19)20;/h1-6,18H,7H2,(H,17,21)(H,19,20);1H2. The van der Waals surface area contributed by atoms with E-state index in [4.69, 9.17) is 16.7 Å². The average molecular weight is 325 g/mol. The molecule has 0 aliphatic rings. The zero-order valence-corrected chi connectivity index (χ0v) is 12.0. The second-order valence-electron chi connectivity index (χ2n) is 4.18. The van der Waals surface area contributed by atoms with Gasteiger partial charge in [-0.15, -0.1) is 0 Å². The summed E-state index contributed by atoms with van der Waals surface area (Å²) in [7, 11) is 0. The number of carboxylic acids is 1. The van der Waals surface area contributed by atoms with Crippen molar-refractivity contribution in [3.8, 4) is 16.9 Å². The van der Waals surface area contributed by atoms with Crippen molar-refractivity contribution >= 4 is 23.5 Å². The lowest BCUT2D eigenvalue weighted by Gasteiger charge is -2.07. The lowest BCUT2D eigenvalue weighted by Crippen LogP contribution is -2.29. The average Bonchev–Trinajstić information content (AvgIpc) is 2.44. The minimum atomic E-state index is -1.18. The number of aromatic hydroxyl groups is 1. The maximum atomic E-state index is 11.7. The number of aliphatic carboxylic acids is 1. The highest BCUT2D eigenvalue weighted by molar-refractivity contribution is 6.30. The van der Waals surface area contributed by atoms with Crippen LogP contribution in [0, 0.1) is 0 Å². The van der Waals surface area contributed by atoms with Crippen molar-refractivity contribution in [3.63, 3.8) is 0 Å². The van der Waals surface area contributed by atoms with Gasteiger partial charge in [0.15, 0.2) is 5.69 Å². The Morgan fingerprint density at radius 1 is 1.23 bits per heavy atom. The van der Waals surface area contributed by atoms with Crippen LogP contribution in [0.4, 0.5) is 0 Å². The fraction of sp³-hybridized carbons (Fsp3) is 0.0714. The summed E-state index contributed by atoms with van der Waals surface area (Å²) in [5.74, 6) is -2.28. The first-order chi connectivity index (χ1) is 9.97. The molecule has 5 N–H and O–H groups in total. The SMILES string of the molecule is O.O=C(O)CNC(=O)c1ncc(-c2cccc(Cl)c2)cc1O. The molecule has 22 heavy (non-hydrogen) atoms. The van der Waals surface area contributed by atoms with Gasteiger partial charge in [-0.05, 0) is 23.8 Å². The van der Waals surface area contributed by atoms with Crippen LogP contribution in [0.15, 0.2) is 36.5 Å². The van der Waals surface area contributed by atoms with Crippen LogP contribution in [0.2, 0.25) is 5.02 Å². The van der Waals surface area contributed by atoms with Gasteiger partial charge < -0.3 is 21.0 Å². The minimum absolute atomic E-state index is 0. The number of aromatic nitrogens is 1. The van der Waals surface area contributed by atoms with E-state index in [9.17, 15) is 14.7 Å². The van der Waals surface area contributed by atoms with E-state index in [0.717, 1.165) is 5.56 Å². The summed E-state index contributed by atoms with van der Waals surface area (Å²) in [6, 6.07) is 8.32. The van der Waals surface area contributed by atoms with Crippen molar-refractivity contribution in [1.82, 2.24) is 10.3 Å². The van der Waals surface area contributed by atoms with Gasteiger partial charge in [0.25, 0.3) is 5.91 Å². The molecule has 0 radical (unpaired) electrons. The molecule has 0 spiro atoms. The predicted octanol–water partition coefficient (Wildman–Crippen LogP) is 1.10. The van der Waals surface area contributed by atoms with Crippen molar-refractivity contribution in [2.75, 3.05) is 6.54 Å². The van der Waals surface area contributed by atoms with E-state index in [1.54, 1.807) is 24.3 Å². The maximum Gasteiger partial charge on any atom is 0.322 e. The van der Waals surface area contributed by atoms with Crippen LogP contribution >= 0.6 is 11.6 Å². The molecule has 1 aromatic heterocycles. The van der Waals surface area contributed by atoms with E-state index < -0.39 is 18.4 Å². The van der Waals surface area contributed by atoms with Crippen molar-refractivity contribution < 1.29 is 25.3 Å². The van der Waals surface area contributed by atoms with Gasteiger partial charge in [0.2, 0.25) is 0 Å². The van der Waals surface area contributed by atoms with Gasteiger partial charge in [-0.2, -0.15) is 0 Å². The van der Waals surface area contributed by atoms with Crippen LogP contribution in [0.5, 0.6) is 5.75 Å². The van der Waals surface area contributed by atoms with Crippen LogP contribution in [0.1, 0.15) is 10.5 Å². The molecule has 0 fully saturated rings. The van der Waals surface area contributed by atoms with E-state index >= 15 is 0 Å². The highest BCUT2D eigenvalue weighted by Crippen LogP contribution is 2.26. The van der Waals surface area contributed by atoms with Crippen molar-refractivity contribution in [3.05, 3.63) is 47.2 Å². The number of carbonyl (C=O) groups excluding carboxylic acids is 1. The topological polar surface area (TPSA) is 131 Å². The van der Waals surface area contributed by atoms with E-state index in [2.05, 4.69) is 10.3 Å². The number of benzene rings is 1. The first-order valence-corrected chi connectivity index (χ1v) is 6.30. The summed E-state index contributed by atoms with van der Waals surface area (Å²) in [5.41, 5.74) is 1.09. The second kappa shape index (κ2) is 7.39. The molecule has 0 saturated heterocycles. The van der Waals surface area contributed by atoms with Crippen LogP contribution < -0.4 is 5.32 Å². The molecule has 1 amide bonds. The number of carbonyl (C=O) groups is 2. The third kappa shape index (κ3) is 4.18. The molecule has 8 heteroatoms. The van der Waals surface area contributed by atoms with E-state index in [-0.39, 0.29) is 16.9 Å². The van der Waals surface area contributed by atoms with Gasteiger partial charge in [-0.1, -0.05) is 23.7 Å². The molecular formula is C14H13ClN2O5. The molecule has 0 aliphatic heterocycles. The Morgan fingerprint density at radius 2 is 1.95 bits per heavy atom. The fourth-order valence-electron chi connectivity index (χ4n) is 1.69. The third-order valence-corrected chi connectivity index (χ3v) is 2.88. The summed E-state index contributed by atoms with van der Waals surface area (Å²) < 4.78 is 0. The number of nitrogens with zero attached hydrogens (tertiary/aromatic N) is 1. The molecular weight excluding hydrogens is 312 g/mol. The molecule has 2 rings (SSSR count). The molecule has 2 aromatic rings. The zero-order valence-electron chi connectivity index (χ0n) is 11.2. The lowest BCUT2D eigenvalue weighted by atomic mass is 10.1. The number of rotatable bonds is 4. The molecule has 116 valence electrons. The monoisotopic (exact) mass is 324 g/mol. The molecule has 1 aromatic carbocycles. The summed E-state index contributed by atoms with van der Waals surface area (Å²) in [6.07, 6.45) is 1.40. The smallest absolute Gasteiger partial charge is 0.322 e. The largest absolute Gasteiger partial charge is 0.505 e. The van der Waals surface area contributed by atoms with Gasteiger partial charge in [0.1, 0.15) is 12.3 Å². The van der Waals surface area contributed by atoms with Crippen LogP contribution in [-0.2, 0) is 4.79 Å². The number of amides is 1. The summed E-state index contributed by atoms with van der Waals surface area (Å²) in [6.45, 7) is -0.546. The Labute approximate surface area is 130 Å². The Morgan fingerprint density at radius 3 is 2.55 bits per heavy atom. The van der Waals surface area contributed by atoms with E-state index in [1.165, 1.54) is 12.3 Å². The summed E-state index contributed by atoms with van der Waals surface area (Å²) in [4.78, 5) is 25.9. The molecule has 1 heterocycles. The number of hydrogen-bond acceptors (Lipinski definition) is 4. The van der Waals surface area contributed by atoms with Crippen molar-refractivity contribution in [1.29, 1.82) is 0 Å². The van der Waals surface area contributed by atoms with Gasteiger partial charge in [0, 0.05) is 16.8 Å². The van der Waals surface area contributed by atoms with Crippen molar-refractivity contribution in [2.24, 2.45) is 0 Å². The minimum Gasteiger partial charge on any atom is -0.505 e. The number of carboxylic acid groups (broad SMARTS) is 1. The van der Waals surface area contributed by atoms with E-state index in [0.29, 0.717) is 10.6 Å². The van der Waals surface area contributed by atoms with Gasteiger partial charge >= 0.3 is 5.97 Å². The Bertz CT molecular complexity index is 705. The Balaban J connectivity index is 0.00000242. The number of nitrogens with one attached hydrogen (secondary N) is 1. The predicted molar refractivity (Wildman–Crippen MR) is 79.9 cm³/mol. The molecule has 0 unspecified atom stereocenters. The third-order valence-electron chi connectivity index (χ3n) is 2.64. The molecule has 7 nitrogen and oxygen atoms in total. The summed E-state index contributed by atoms with van der Waals surface area (Å²) in [5, 5.41) is 21.0. The first-order valence-electron chi connectivity index (χ1n) is 5.92. The Hall–Kier alpha value is -2.64. The molecule has 0 aliphatic carbocycles.